The highest BCUT2D eigenvalue weighted by molar-refractivity contribution is 7.89. The van der Waals surface area contributed by atoms with E-state index in [2.05, 4.69) is 17.1 Å². The molecule has 0 atom stereocenters. The van der Waals surface area contributed by atoms with Gasteiger partial charge in [0.2, 0.25) is 15.9 Å². The van der Waals surface area contributed by atoms with E-state index in [4.69, 9.17) is 4.74 Å². The quantitative estimate of drug-likeness (QED) is 0.705. The first-order valence-electron chi connectivity index (χ1n) is 11.4. The third kappa shape index (κ3) is 4.62. The van der Waals surface area contributed by atoms with Crippen molar-refractivity contribution in [3.8, 4) is 5.75 Å². The zero-order valence-electron chi connectivity index (χ0n) is 18.8. The minimum Gasteiger partial charge on any atom is -0.482 e. The lowest BCUT2D eigenvalue weighted by Crippen LogP contribution is -2.52. The monoisotopic (exact) mass is 464 g/mol. The molecule has 1 N–H and O–H groups in total. The first-order valence-corrected chi connectivity index (χ1v) is 12.8. The summed E-state index contributed by atoms with van der Waals surface area (Å²) in [6.07, 6.45) is 2.18. The summed E-state index contributed by atoms with van der Waals surface area (Å²) in [4.78, 5) is 29.0. The number of amides is 2. The number of sulfonamides is 1. The molecular weight excluding hydrogens is 432 g/mol. The first kappa shape index (κ1) is 23.0. The first-order chi connectivity index (χ1) is 15.3. The Morgan fingerprint density at radius 2 is 1.81 bits per heavy atom. The van der Waals surface area contributed by atoms with E-state index >= 15 is 0 Å². The second kappa shape index (κ2) is 9.36. The normalized spacial score (nSPS) is 21.1. The number of rotatable bonds is 5. The van der Waals surface area contributed by atoms with E-state index in [1.54, 1.807) is 13.0 Å². The van der Waals surface area contributed by atoms with E-state index in [9.17, 15) is 18.0 Å². The van der Waals surface area contributed by atoms with Crippen molar-refractivity contribution in [2.24, 2.45) is 5.92 Å². The number of fused-ring (bicyclic) bond motifs is 1. The molecule has 2 amide bonds. The number of nitrogens with zero attached hydrogens (tertiary/aromatic N) is 3. The van der Waals surface area contributed by atoms with Crippen LogP contribution in [-0.2, 0) is 19.6 Å². The van der Waals surface area contributed by atoms with E-state index < -0.39 is 10.0 Å². The van der Waals surface area contributed by atoms with Crippen LogP contribution in [0.4, 0.5) is 5.69 Å². The van der Waals surface area contributed by atoms with Crippen LogP contribution in [0.3, 0.4) is 0 Å². The topological polar surface area (TPSA) is 99.3 Å². The van der Waals surface area contributed by atoms with E-state index in [-0.39, 0.29) is 29.2 Å². The second-order valence-corrected chi connectivity index (χ2v) is 10.7. The summed E-state index contributed by atoms with van der Waals surface area (Å²) in [6, 6.07) is 3.13. The van der Waals surface area contributed by atoms with Gasteiger partial charge in [-0.3, -0.25) is 14.5 Å². The van der Waals surface area contributed by atoms with Gasteiger partial charge in [-0.2, -0.15) is 4.31 Å². The van der Waals surface area contributed by atoms with Gasteiger partial charge in [-0.25, -0.2) is 8.42 Å². The van der Waals surface area contributed by atoms with Crippen LogP contribution in [-0.4, -0.2) is 86.8 Å². The van der Waals surface area contributed by atoms with Gasteiger partial charge >= 0.3 is 0 Å². The summed E-state index contributed by atoms with van der Waals surface area (Å²) < 4.78 is 33.5. The molecule has 2 saturated heterocycles. The van der Waals surface area contributed by atoms with Gasteiger partial charge in [-0.15, -0.1) is 0 Å². The van der Waals surface area contributed by atoms with Gasteiger partial charge in [0, 0.05) is 51.3 Å². The Balaban J connectivity index is 1.39. The fourth-order valence-electron chi connectivity index (χ4n) is 4.74. The molecule has 0 saturated carbocycles. The molecule has 0 bridgehead atoms. The molecule has 10 heteroatoms. The summed E-state index contributed by atoms with van der Waals surface area (Å²) in [5, 5.41) is 2.70. The molecule has 1 aromatic rings. The van der Waals surface area contributed by atoms with E-state index in [1.165, 1.54) is 10.4 Å². The maximum atomic E-state index is 13.3. The van der Waals surface area contributed by atoms with Gasteiger partial charge in [0.25, 0.3) is 5.91 Å². The van der Waals surface area contributed by atoms with E-state index in [1.807, 2.05) is 4.90 Å². The number of hydrogen-bond donors (Lipinski definition) is 1. The molecular formula is C22H32N4O5S. The Morgan fingerprint density at radius 1 is 1.12 bits per heavy atom. The number of ether oxygens (including phenoxy) is 1. The van der Waals surface area contributed by atoms with Crippen LogP contribution >= 0.6 is 0 Å². The Kier molecular flexibility index (Phi) is 6.73. The molecule has 0 aromatic heterocycles. The maximum absolute atomic E-state index is 13.3. The van der Waals surface area contributed by atoms with Crippen molar-refractivity contribution in [2.45, 2.75) is 38.0 Å². The van der Waals surface area contributed by atoms with Crippen LogP contribution in [0.2, 0.25) is 0 Å². The minimum absolute atomic E-state index is 0.123. The summed E-state index contributed by atoms with van der Waals surface area (Å²) in [5.74, 6) is 0.140. The molecule has 3 heterocycles. The molecule has 3 aliphatic heterocycles. The number of carbonyl (C=O) groups excluding carboxylic acids is 2. The van der Waals surface area contributed by atoms with Crippen molar-refractivity contribution in [3.05, 3.63) is 17.7 Å². The lowest BCUT2D eigenvalue weighted by atomic mass is 9.96. The zero-order valence-corrected chi connectivity index (χ0v) is 19.6. The smallest absolute Gasteiger partial charge is 0.262 e. The van der Waals surface area contributed by atoms with Crippen molar-refractivity contribution >= 4 is 27.5 Å². The van der Waals surface area contributed by atoms with Gasteiger partial charge < -0.3 is 15.0 Å². The van der Waals surface area contributed by atoms with Crippen molar-refractivity contribution < 1.29 is 22.7 Å². The molecule has 32 heavy (non-hydrogen) atoms. The van der Waals surface area contributed by atoms with Crippen LogP contribution in [0.5, 0.6) is 5.75 Å². The van der Waals surface area contributed by atoms with Crippen LogP contribution < -0.4 is 10.1 Å². The molecule has 1 aromatic carbocycles. The highest BCUT2D eigenvalue weighted by atomic mass is 32.2. The number of aryl methyl sites for hydroxylation is 1. The molecule has 0 radical (unpaired) electrons. The van der Waals surface area contributed by atoms with E-state index in [0.717, 1.165) is 39.1 Å². The number of piperidine rings is 1. The Bertz CT molecular complexity index is 980. The fraction of sp³-hybridized carbons (Fsp3) is 0.636. The largest absolute Gasteiger partial charge is 0.482 e. The molecule has 4 rings (SSSR count). The number of hydrogen-bond acceptors (Lipinski definition) is 6. The van der Waals surface area contributed by atoms with Crippen LogP contribution in [0.15, 0.2) is 17.0 Å². The Labute approximate surface area is 189 Å². The Morgan fingerprint density at radius 3 is 2.47 bits per heavy atom. The van der Waals surface area contributed by atoms with Gasteiger partial charge in [0.15, 0.2) is 6.61 Å². The third-order valence-corrected chi connectivity index (χ3v) is 8.60. The summed E-state index contributed by atoms with van der Waals surface area (Å²) in [6.45, 7) is 8.78. The number of anilines is 1. The molecule has 2 fully saturated rings. The molecule has 0 aliphatic carbocycles. The summed E-state index contributed by atoms with van der Waals surface area (Å²) >= 11 is 0. The van der Waals surface area contributed by atoms with Crippen LogP contribution in [0, 0.1) is 12.8 Å². The number of benzene rings is 1. The standard InChI is InChI=1S/C22H32N4O5S/c1-3-6-24-9-11-25(12-10-24)22(28)17-4-7-26(8-5-17)32(29,30)20-14-19-18(13-16(20)2)23-21(27)15-31-19/h13-14,17H,3-12,15H2,1-2H3,(H,23,27). The van der Waals surface area contributed by atoms with Gasteiger partial charge in [-0.05, 0) is 44.4 Å². The average molecular weight is 465 g/mol. The number of piperazine rings is 1. The highest BCUT2D eigenvalue weighted by Gasteiger charge is 2.35. The second-order valence-electron chi connectivity index (χ2n) is 8.80. The Hall–Kier alpha value is -2.17. The lowest BCUT2D eigenvalue weighted by molar-refractivity contribution is -0.138. The number of carbonyl (C=O) groups is 2. The lowest BCUT2D eigenvalue weighted by Gasteiger charge is -2.38. The highest BCUT2D eigenvalue weighted by Crippen LogP contribution is 2.35. The molecule has 9 nitrogen and oxygen atoms in total. The van der Waals surface area contributed by atoms with Crippen molar-refractivity contribution in [2.75, 3.05) is 57.7 Å². The van der Waals surface area contributed by atoms with E-state index in [0.29, 0.717) is 42.9 Å². The molecule has 176 valence electrons. The van der Waals surface area contributed by atoms with Gasteiger partial charge in [0.1, 0.15) is 5.75 Å². The predicted molar refractivity (Wildman–Crippen MR) is 120 cm³/mol. The maximum Gasteiger partial charge on any atom is 0.262 e. The number of nitrogens with one attached hydrogen (secondary N) is 1. The fourth-order valence-corrected chi connectivity index (χ4v) is 6.43. The minimum atomic E-state index is -3.72. The molecule has 0 unspecified atom stereocenters. The average Bonchev–Trinajstić information content (AvgIpc) is 2.79. The van der Waals surface area contributed by atoms with Crippen LogP contribution in [0.25, 0.3) is 0 Å². The third-order valence-electron chi connectivity index (χ3n) is 6.55. The van der Waals surface area contributed by atoms with Crippen molar-refractivity contribution in [1.82, 2.24) is 14.1 Å². The predicted octanol–water partition coefficient (Wildman–Crippen LogP) is 1.28. The summed E-state index contributed by atoms with van der Waals surface area (Å²) in [5.41, 5.74) is 1.04. The SMILES string of the molecule is CCCN1CCN(C(=O)C2CCN(S(=O)(=O)c3cc4c(cc3C)NC(=O)CO4)CC2)CC1. The van der Waals surface area contributed by atoms with Crippen LogP contribution in [0.1, 0.15) is 31.7 Å². The van der Waals surface area contributed by atoms with Crippen molar-refractivity contribution in [3.63, 3.8) is 0 Å². The zero-order chi connectivity index (χ0) is 22.9. The summed E-state index contributed by atoms with van der Waals surface area (Å²) in [7, 11) is -3.72. The van der Waals surface area contributed by atoms with Gasteiger partial charge in [0.05, 0.1) is 10.6 Å². The molecule has 0 spiro atoms. The van der Waals surface area contributed by atoms with Crippen molar-refractivity contribution in [1.29, 1.82) is 0 Å². The molecule has 3 aliphatic rings. The van der Waals surface area contributed by atoms with Gasteiger partial charge in [-0.1, -0.05) is 6.92 Å².